The highest BCUT2D eigenvalue weighted by atomic mass is 32.1. The molecule has 0 N–H and O–H groups in total. The number of carbonyl (C=O) groups excluding carboxylic acids is 2. The third-order valence-electron chi connectivity index (χ3n) is 4.50. The summed E-state index contributed by atoms with van der Waals surface area (Å²) in [5, 5.41) is 3.87. The first-order valence-corrected chi connectivity index (χ1v) is 10.1. The summed E-state index contributed by atoms with van der Waals surface area (Å²) in [5.41, 5.74) is 0.179. The molecule has 0 spiro atoms. The maximum Gasteiger partial charge on any atom is 0.435 e. The predicted molar refractivity (Wildman–Crippen MR) is 107 cm³/mol. The maximum absolute atomic E-state index is 13.4. The van der Waals surface area contributed by atoms with E-state index in [1.165, 1.54) is 13.0 Å². The Kier molecular flexibility index (Phi) is 7.40. The summed E-state index contributed by atoms with van der Waals surface area (Å²) in [6.07, 6.45) is 0.00100. The van der Waals surface area contributed by atoms with Crippen LogP contribution in [0.15, 0.2) is 12.3 Å². The molecule has 2 aromatic heterocycles. The van der Waals surface area contributed by atoms with E-state index in [2.05, 4.69) is 10.1 Å². The standard InChI is InChI=1S/C19H23F3N4O3S/c1-6-11(3)26(14(27)9-8-13-10-23-25(5)12(13)4)18-24-16(19(20,21)22)15(30-18)17(28)29-7-2/h8-11H,6-7H2,1-5H3/b9-8+. The van der Waals surface area contributed by atoms with Gasteiger partial charge in [-0.25, -0.2) is 9.78 Å². The van der Waals surface area contributed by atoms with Crippen molar-refractivity contribution in [3.63, 3.8) is 0 Å². The predicted octanol–water partition coefficient (Wildman–Crippen LogP) is 4.23. The van der Waals surface area contributed by atoms with E-state index >= 15 is 0 Å². The van der Waals surface area contributed by atoms with Crippen molar-refractivity contribution in [2.24, 2.45) is 7.05 Å². The minimum absolute atomic E-state index is 0.0788. The van der Waals surface area contributed by atoms with E-state index in [-0.39, 0.29) is 11.7 Å². The van der Waals surface area contributed by atoms with Crippen molar-refractivity contribution in [3.8, 4) is 0 Å². The van der Waals surface area contributed by atoms with Gasteiger partial charge in [-0.05, 0) is 33.3 Å². The van der Waals surface area contributed by atoms with Crippen LogP contribution in [0, 0.1) is 6.92 Å². The molecule has 0 saturated heterocycles. The Morgan fingerprint density at radius 3 is 2.53 bits per heavy atom. The van der Waals surface area contributed by atoms with E-state index < -0.39 is 34.7 Å². The summed E-state index contributed by atoms with van der Waals surface area (Å²) < 4.78 is 46.7. The van der Waals surface area contributed by atoms with Crippen LogP contribution in [0.5, 0.6) is 0 Å². The van der Waals surface area contributed by atoms with E-state index in [0.717, 1.165) is 10.6 Å². The van der Waals surface area contributed by atoms with Crippen molar-refractivity contribution < 1.29 is 27.5 Å². The second-order valence-corrected chi connectivity index (χ2v) is 7.48. The number of hydrogen-bond acceptors (Lipinski definition) is 6. The second-order valence-electron chi connectivity index (χ2n) is 6.50. The molecule has 0 bridgehead atoms. The summed E-state index contributed by atoms with van der Waals surface area (Å²) in [7, 11) is 1.76. The summed E-state index contributed by atoms with van der Waals surface area (Å²) >= 11 is 0.493. The van der Waals surface area contributed by atoms with Gasteiger partial charge in [0.15, 0.2) is 10.8 Å². The topological polar surface area (TPSA) is 77.3 Å². The van der Waals surface area contributed by atoms with Crippen molar-refractivity contribution in [2.75, 3.05) is 11.5 Å². The van der Waals surface area contributed by atoms with Gasteiger partial charge in [0.05, 0.1) is 12.8 Å². The zero-order chi connectivity index (χ0) is 22.6. The fourth-order valence-electron chi connectivity index (χ4n) is 2.54. The third-order valence-corrected chi connectivity index (χ3v) is 5.53. The van der Waals surface area contributed by atoms with Crippen LogP contribution in [-0.2, 0) is 22.8 Å². The molecule has 0 aliphatic rings. The van der Waals surface area contributed by atoms with Gasteiger partial charge in [-0.3, -0.25) is 14.4 Å². The van der Waals surface area contributed by atoms with Crippen LogP contribution in [0.3, 0.4) is 0 Å². The summed E-state index contributed by atoms with van der Waals surface area (Å²) in [6.45, 7) is 6.73. The molecule has 0 radical (unpaired) electrons. The van der Waals surface area contributed by atoms with Gasteiger partial charge in [0.2, 0.25) is 0 Å². The van der Waals surface area contributed by atoms with Gasteiger partial charge in [-0.1, -0.05) is 18.3 Å². The molecule has 0 fully saturated rings. The number of alkyl halides is 3. The van der Waals surface area contributed by atoms with Crippen LogP contribution in [0.4, 0.5) is 18.3 Å². The molecule has 1 amide bonds. The van der Waals surface area contributed by atoms with E-state index in [4.69, 9.17) is 4.74 Å². The third kappa shape index (κ3) is 5.07. The number of ether oxygens (including phenoxy) is 1. The molecular formula is C19H23F3N4O3S. The SMILES string of the molecule is CCOC(=O)c1sc(N(C(=O)/C=C/c2cnn(C)c2C)C(C)CC)nc1C(F)(F)F. The van der Waals surface area contributed by atoms with Crippen molar-refractivity contribution in [1.82, 2.24) is 14.8 Å². The van der Waals surface area contributed by atoms with Crippen LogP contribution >= 0.6 is 11.3 Å². The lowest BCUT2D eigenvalue weighted by Gasteiger charge is -2.24. The Balaban J connectivity index is 2.47. The number of aryl methyl sites for hydroxylation is 1. The largest absolute Gasteiger partial charge is 0.462 e. The van der Waals surface area contributed by atoms with Crippen LogP contribution in [0.1, 0.15) is 53.8 Å². The number of rotatable bonds is 7. The van der Waals surface area contributed by atoms with Gasteiger partial charge >= 0.3 is 12.1 Å². The highest BCUT2D eigenvalue weighted by Gasteiger charge is 2.41. The number of halogens is 3. The molecule has 0 aliphatic carbocycles. The highest BCUT2D eigenvalue weighted by Crippen LogP contribution is 2.38. The molecule has 11 heteroatoms. The number of esters is 1. The van der Waals surface area contributed by atoms with Crippen LogP contribution in [-0.4, -0.2) is 39.3 Å². The zero-order valence-electron chi connectivity index (χ0n) is 17.3. The van der Waals surface area contributed by atoms with Gasteiger partial charge in [0, 0.05) is 30.4 Å². The molecular weight excluding hydrogens is 421 g/mol. The molecule has 0 aromatic carbocycles. The first kappa shape index (κ1) is 23.6. The lowest BCUT2D eigenvalue weighted by Crippen LogP contribution is -2.37. The number of hydrogen-bond donors (Lipinski definition) is 0. The quantitative estimate of drug-likeness (QED) is 0.472. The first-order valence-electron chi connectivity index (χ1n) is 9.26. The molecule has 0 saturated carbocycles. The van der Waals surface area contributed by atoms with E-state index in [0.29, 0.717) is 23.3 Å². The van der Waals surface area contributed by atoms with Gasteiger partial charge in [-0.15, -0.1) is 0 Å². The Morgan fingerprint density at radius 2 is 2.03 bits per heavy atom. The summed E-state index contributed by atoms with van der Waals surface area (Å²) in [5.74, 6) is -1.67. The van der Waals surface area contributed by atoms with Gasteiger partial charge in [0.1, 0.15) is 4.88 Å². The normalized spacial score (nSPS) is 12.9. The molecule has 1 atom stereocenters. The van der Waals surface area contributed by atoms with Crippen molar-refractivity contribution >= 4 is 34.4 Å². The monoisotopic (exact) mass is 444 g/mol. The summed E-state index contributed by atoms with van der Waals surface area (Å²) in [4.78, 5) is 29.0. The molecule has 164 valence electrons. The molecule has 2 aromatic rings. The second kappa shape index (κ2) is 9.41. The highest BCUT2D eigenvalue weighted by molar-refractivity contribution is 7.17. The number of thiazole rings is 1. The van der Waals surface area contributed by atoms with Gasteiger partial charge in [-0.2, -0.15) is 18.3 Å². The Labute approximate surface area is 176 Å². The molecule has 2 rings (SSSR count). The Morgan fingerprint density at radius 1 is 1.37 bits per heavy atom. The summed E-state index contributed by atoms with van der Waals surface area (Å²) in [6, 6.07) is -0.445. The molecule has 2 heterocycles. The number of carbonyl (C=O) groups is 2. The molecule has 1 unspecified atom stereocenters. The minimum atomic E-state index is -4.86. The van der Waals surface area contributed by atoms with E-state index in [1.54, 1.807) is 37.8 Å². The van der Waals surface area contributed by atoms with Crippen LogP contribution in [0.25, 0.3) is 6.08 Å². The molecule has 0 aliphatic heterocycles. The van der Waals surface area contributed by atoms with E-state index in [9.17, 15) is 22.8 Å². The average Bonchev–Trinajstić information content (AvgIpc) is 3.25. The van der Waals surface area contributed by atoms with Crippen molar-refractivity contribution in [1.29, 1.82) is 0 Å². The number of anilines is 1. The molecule has 7 nitrogen and oxygen atoms in total. The smallest absolute Gasteiger partial charge is 0.435 e. The number of amides is 1. The van der Waals surface area contributed by atoms with Crippen LogP contribution < -0.4 is 4.90 Å². The lowest BCUT2D eigenvalue weighted by molar-refractivity contribution is -0.141. The fraction of sp³-hybridized carbons (Fsp3) is 0.474. The van der Waals surface area contributed by atoms with Crippen LogP contribution in [0.2, 0.25) is 0 Å². The van der Waals surface area contributed by atoms with Crippen molar-refractivity contribution in [2.45, 2.75) is 46.3 Å². The molecule has 30 heavy (non-hydrogen) atoms. The zero-order valence-corrected chi connectivity index (χ0v) is 18.1. The Hall–Kier alpha value is -2.69. The average molecular weight is 444 g/mol. The minimum Gasteiger partial charge on any atom is -0.462 e. The first-order chi connectivity index (χ1) is 14.0. The lowest BCUT2D eigenvalue weighted by atomic mass is 10.2. The Bertz CT molecular complexity index is 949. The maximum atomic E-state index is 13.4. The number of nitrogens with zero attached hydrogens (tertiary/aromatic N) is 4. The van der Waals surface area contributed by atoms with E-state index in [1.807, 2.05) is 6.92 Å². The fourth-order valence-corrected chi connectivity index (χ4v) is 3.63. The van der Waals surface area contributed by atoms with Gasteiger partial charge < -0.3 is 4.74 Å². The number of aromatic nitrogens is 3. The van der Waals surface area contributed by atoms with Gasteiger partial charge in [0.25, 0.3) is 5.91 Å². The van der Waals surface area contributed by atoms with Crippen molar-refractivity contribution in [3.05, 3.63) is 34.1 Å².